The van der Waals surface area contributed by atoms with Crippen molar-refractivity contribution in [2.24, 2.45) is 0 Å². The summed E-state index contributed by atoms with van der Waals surface area (Å²) in [5.74, 6) is 0.517. The van der Waals surface area contributed by atoms with Crippen LogP contribution in [-0.4, -0.2) is 22.4 Å². The van der Waals surface area contributed by atoms with Gasteiger partial charge in [0, 0.05) is 5.56 Å². The summed E-state index contributed by atoms with van der Waals surface area (Å²) >= 11 is 1.61. The van der Waals surface area contributed by atoms with E-state index in [1.807, 2.05) is 10.6 Å². The van der Waals surface area contributed by atoms with E-state index >= 15 is 0 Å². The minimum Gasteiger partial charge on any atom is -0.231 e. The largest absolute Gasteiger partial charge is 0.231 e. The standard InChI is InChI=1S/C18H22BN3S/c1-6-13(7-2)14-9-11(4)21-22-16(12(5)20-18(14)22)17-10(3)8-15(19)23-17/h8-9,13H,6-7H2,1-5H3. The van der Waals surface area contributed by atoms with E-state index in [1.54, 1.807) is 11.3 Å². The van der Waals surface area contributed by atoms with Crippen molar-refractivity contribution in [1.29, 1.82) is 0 Å². The molecule has 0 spiro atoms. The molecule has 0 saturated carbocycles. The molecule has 0 aliphatic carbocycles. The molecule has 0 fully saturated rings. The summed E-state index contributed by atoms with van der Waals surface area (Å²) in [7, 11) is 6.00. The van der Waals surface area contributed by atoms with Gasteiger partial charge in [-0.2, -0.15) is 5.10 Å². The molecule has 23 heavy (non-hydrogen) atoms. The predicted molar refractivity (Wildman–Crippen MR) is 99.2 cm³/mol. The normalized spacial score (nSPS) is 11.7. The molecule has 0 aliphatic rings. The Kier molecular flexibility index (Phi) is 4.32. The molecule has 0 unspecified atom stereocenters. The summed E-state index contributed by atoms with van der Waals surface area (Å²) in [6.45, 7) is 10.7. The summed E-state index contributed by atoms with van der Waals surface area (Å²) in [5, 5.41) is 4.75. The van der Waals surface area contributed by atoms with Gasteiger partial charge in [-0.05, 0) is 55.9 Å². The zero-order chi connectivity index (χ0) is 16.7. The molecule has 2 radical (unpaired) electrons. The molecule has 0 amide bonds. The Morgan fingerprint density at radius 3 is 2.43 bits per heavy atom. The van der Waals surface area contributed by atoms with Crippen molar-refractivity contribution < 1.29 is 0 Å². The Balaban J connectivity index is 2.33. The highest BCUT2D eigenvalue weighted by Crippen LogP contribution is 2.34. The number of rotatable bonds is 4. The lowest BCUT2D eigenvalue weighted by atomic mass is 9.95. The monoisotopic (exact) mass is 323 g/mol. The smallest absolute Gasteiger partial charge is 0.158 e. The number of hydrogen-bond donors (Lipinski definition) is 0. The van der Waals surface area contributed by atoms with Crippen molar-refractivity contribution in [2.75, 3.05) is 0 Å². The molecule has 5 heteroatoms. The van der Waals surface area contributed by atoms with Crippen LogP contribution in [0.5, 0.6) is 0 Å². The Morgan fingerprint density at radius 1 is 1.17 bits per heavy atom. The summed E-state index contributed by atoms with van der Waals surface area (Å²) < 4.78 is 2.86. The number of aromatic nitrogens is 3. The van der Waals surface area contributed by atoms with Gasteiger partial charge in [-0.3, -0.25) is 0 Å². The third kappa shape index (κ3) is 2.71. The van der Waals surface area contributed by atoms with Crippen LogP contribution in [0, 0.1) is 20.8 Å². The summed E-state index contributed by atoms with van der Waals surface area (Å²) in [6.07, 6.45) is 2.23. The van der Waals surface area contributed by atoms with Gasteiger partial charge in [0.05, 0.1) is 16.3 Å². The van der Waals surface area contributed by atoms with E-state index in [0.717, 1.165) is 40.3 Å². The Labute approximate surface area is 143 Å². The minimum absolute atomic E-state index is 0.517. The quantitative estimate of drug-likeness (QED) is 0.677. The maximum atomic E-state index is 6.00. The van der Waals surface area contributed by atoms with Gasteiger partial charge in [-0.1, -0.05) is 19.9 Å². The Morgan fingerprint density at radius 2 is 1.87 bits per heavy atom. The topological polar surface area (TPSA) is 30.2 Å². The van der Waals surface area contributed by atoms with Gasteiger partial charge in [-0.25, -0.2) is 9.50 Å². The molecular formula is C18H22BN3S. The fourth-order valence-electron chi connectivity index (χ4n) is 3.31. The fraction of sp³-hybridized carbons (Fsp3) is 0.444. The highest BCUT2D eigenvalue weighted by atomic mass is 32.1. The van der Waals surface area contributed by atoms with Crippen LogP contribution in [0.3, 0.4) is 0 Å². The van der Waals surface area contributed by atoms with Gasteiger partial charge in [0.2, 0.25) is 0 Å². The lowest BCUT2D eigenvalue weighted by molar-refractivity contribution is 0.638. The third-order valence-corrected chi connectivity index (χ3v) is 5.56. The van der Waals surface area contributed by atoms with Crippen molar-refractivity contribution in [1.82, 2.24) is 14.6 Å². The van der Waals surface area contributed by atoms with Crippen molar-refractivity contribution in [3.63, 3.8) is 0 Å². The van der Waals surface area contributed by atoms with Crippen molar-refractivity contribution in [3.8, 4) is 10.6 Å². The van der Waals surface area contributed by atoms with Crippen LogP contribution in [0.1, 0.15) is 55.1 Å². The first-order chi connectivity index (χ1) is 11.0. The maximum Gasteiger partial charge on any atom is 0.158 e. The van der Waals surface area contributed by atoms with Crippen LogP contribution in [0.4, 0.5) is 0 Å². The number of thiophene rings is 1. The van der Waals surface area contributed by atoms with Gasteiger partial charge in [0.15, 0.2) is 5.65 Å². The number of fused-ring (bicyclic) bond motifs is 1. The molecule has 3 rings (SSSR count). The molecule has 0 saturated heterocycles. The molecule has 3 heterocycles. The van der Waals surface area contributed by atoms with E-state index in [-0.39, 0.29) is 0 Å². The fourth-order valence-corrected chi connectivity index (χ4v) is 4.33. The lowest BCUT2D eigenvalue weighted by Gasteiger charge is -2.14. The molecule has 0 aromatic carbocycles. The first kappa shape index (κ1) is 16.3. The summed E-state index contributed by atoms with van der Waals surface area (Å²) in [4.78, 5) is 6.03. The minimum atomic E-state index is 0.517. The van der Waals surface area contributed by atoms with Crippen LogP contribution < -0.4 is 4.78 Å². The van der Waals surface area contributed by atoms with E-state index in [4.69, 9.17) is 17.9 Å². The van der Waals surface area contributed by atoms with Crippen LogP contribution in [-0.2, 0) is 0 Å². The molecule has 3 aromatic rings. The highest BCUT2D eigenvalue weighted by molar-refractivity contribution is 7.23. The molecular weight excluding hydrogens is 301 g/mol. The zero-order valence-corrected chi connectivity index (χ0v) is 15.3. The molecule has 0 atom stereocenters. The second kappa shape index (κ2) is 6.12. The average molecular weight is 323 g/mol. The van der Waals surface area contributed by atoms with Gasteiger partial charge < -0.3 is 0 Å². The second-order valence-electron chi connectivity index (χ2n) is 6.20. The molecule has 0 N–H and O–H groups in total. The van der Waals surface area contributed by atoms with Crippen LogP contribution in [0.2, 0.25) is 0 Å². The molecule has 3 aromatic heterocycles. The lowest BCUT2D eigenvalue weighted by Crippen LogP contribution is -2.05. The van der Waals surface area contributed by atoms with Crippen LogP contribution >= 0.6 is 11.3 Å². The van der Waals surface area contributed by atoms with Crippen molar-refractivity contribution in [3.05, 3.63) is 34.6 Å². The summed E-state index contributed by atoms with van der Waals surface area (Å²) in [6, 6.07) is 4.22. The second-order valence-corrected chi connectivity index (χ2v) is 7.28. The average Bonchev–Trinajstić information content (AvgIpc) is 2.98. The molecule has 0 bridgehead atoms. The maximum absolute atomic E-state index is 6.00. The SMILES string of the molecule is [B]c1cc(C)c(-c2c(C)nc3c(C(CC)CC)cc(C)nn23)s1. The zero-order valence-electron chi connectivity index (χ0n) is 14.5. The first-order valence-corrected chi connectivity index (χ1v) is 9.01. The van der Waals surface area contributed by atoms with Gasteiger partial charge in [0.25, 0.3) is 0 Å². The van der Waals surface area contributed by atoms with Crippen molar-refractivity contribution in [2.45, 2.75) is 53.4 Å². The van der Waals surface area contributed by atoms with Gasteiger partial charge >= 0.3 is 0 Å². The van der Waals surface area contributed by atoms with Gasteiger partial charge in [0.1, 0.15) is 13.5 Å². The predicted octanol–water partition coefficient (Wildman–Crippen LogP) is 4.08. The van der Waals surface area contributed by atoms with E-state index in [0.29, 0.717) is 5.92 Å². The van der Waals surface area contributed by atoms with Gasteiger partial charge in [-0.15, -0.1) is 11.3 Å². The molecule has 0 aliphatic heterocycles. The van der Waals surface area contributed by atoms with E-state index in [1.165, 1.54) is 16.0 Å². The van der Waals surface area contributed by atoms with E-state index < -0.39 is 0 Å². The number of nitrogens with zero attached hydrogens (tertiary/aromatic N) is 3. The number of hydrogen-bond acceptors (Lipinski definition) is 3. The van der Waals surface area contributed by atoms with Crippen LogP contribution in [0.15, 0.2) is 12.1 Å². The third-order valence-electron chi connectivity index (χ3n) is 4.49. The van der Waals surface area contributed by atoms with Crippen LogP contribution in [0.25, 0.3) is 16.2 Å². The van der Waals surface area contributed by atoms with Crippen molar-refractivity contribution >= 4 is 29.6 Å². The molecule has 118 valence electrons. The molecule has 3 nitrogen and oxygen atoms in total. The summed E-state index contributed by atoms with van der Waals surface area (Å²) in [5.41, 5.74) is 6.60. The Hall–Kier alpha value is -1.62. The number of imidazole rings is 1. The number of aryl methyl sites for hydroxylation is 3. The highest BCUT2D eigenvalue weighted by Gasteiger charge is 2.21. The van der Waals surface area contributed by atoms with E-state index in [2.05, 4.69) is 40.7 Å². The van der Waals surface area contributed by atoms with E-state index in [9.17, 15) is 0 Å². The first-order valence-electron chi connectivity index (χ1n) is 8.19. The Bertz CT molecular complexity index is 859.